The Kier molecular flexibility index (Phi) is 7.24. The highest BCUT2D eigenvalue weighted by molar-refractivity contribution is 6.37. The van der Waals surface area contributed by atoms with Gasteiger partial charge in [0.25, 0.3) is 0 Å². The van der Waals surface area contributed by atoms with Crippen molar-refractivity contribution in [1.82, 2.24) is 4.90 Å². The molecule has 1 aliphatic heterocycles. The molecule has 6 heteroatoms. The zero-order valence-electron chi connectivity index (χ0n) is 16.1. The van der Waals surface area contributed by atoms with Crippen LogP contribution in [0.15, 0.2) is 4.99 Å². The Bertz CT molecular complexity index is 470. The van der Waals surface area contributed by atoms with Gasteiger partial charge < -0.3 is 14.4 Å². The Morgan fingerprint density at radius 2 is 1.62 bits per heavy atom. The van der Waals surface area contributed by atoms with Crippen molar-refractivity contribution < 1.29 is 19.1 Å². The molecule has 0 unspecified atom stereocenters. The third kappa shape index (κ3) is 6.89. The molecule has 0 spiro atoms. The van der Waals surface area contributed by atoms with Gasteiger partial charge in [0.05, 0.1) is 12.1 Å². The van der Waals surface area contributed by atoms with Crippen LogP contribution in [0.4, 0.5) is 4.79 Å². The fourth-order valence-electron chi connectivity index (χ4n) is 2.41. The number of nitrogens with zero attached hydrogens (tertiary/aromatic N) is 2. The van der Waals surface area contributed by atoms with E-state index in [9.17, 15) is 9.59 Å². The highest BCUT2D eigenvalue weighted by Crippen LogP contribution is 2.18. The van der Waals surface area contributed by atoms with Gasteiger partial charge in [0, 0.05) is 19.0 Å². The second kappa shape index (κ2) is 8.49. The van der Waals surface area contributed by atoms with E-state index in [0.717, 1.165) is 12.8 Å². The summed E-state index contributed by atoms with van der Waals surface area (Å²) in [5.41, 5.74) is -0.00302. The molecular weight excluding hydrogens is 308 g/mol. The second-order valence-electron chi connectivity index (χ2n) is 7.82. The van der Waals surface area contributed by atoms with E-state index in [1.54, 1.807) is 4.90 Å². The van der Waals surface area contributed by atoms with Gasteiger partial charge in [-0.1, -0.05) is 13.8 Å². The van der Waals surface area contributed by atoms with Gasteiger partial charge in [-0.3, -0.25) is 4.99 Å². The summed E-state index contributed by atoms with van der Waals surface area (Å²) in [6.45, 7) is 14.3. The molecule has 0 radical (unpaired) electrons. The van der Waals surface area contributed by atoms with Gasteiger partial charge >= 0.3 is 12.1 Å². The number of aliphatic imine (C=N–C) groups is 1. The van der Waals surface area contributed by atoms with Gasteiger partial charge in [0.2, 0.25) is 0 Å². The first-order valence-corrected chi connectivity index (χ1v) is 8.76. The number of likely N-dealkylation sites (tertiary alicyclic amines) is 1. The lowest BCUT2D eigenvalue weighted by Crippen LogP contribution is -2.43. The minimum atomic E-state index is -0.489. The largest absolute Gasteiger partial charge is 0.458 e. The third-order valence-electron chi connectivity index (χ3n) is 3.54. The summed E-state index contributed by atoms with van der Waals surface area (Å²) in [5, 5.41) is 0. The minimum Gasteiger partial charge on any atom is -0.458 e. The van der Waals surface area contributed by atoms with Crippen LogP contribution < -0.4 is 0 Å². The van der Waals surface area contributed by atoms with Gasteiger partial charge in [0.1, 0.15) is 11.3 Å². The average molecular weight is 340 g/mol. The summed E-state index contributed by atoms with van der Waals surface area (Å²) in [6, 6.07) is 0.0424. The molecule has 0 aromatic rings. The molecular formula is C18H32N2O4. The molecule has 1 saturated heterocycles. The first kappa shape index (κ1) is 20.5. The van der Waals surface area contributed by atoms with Gasteiger partial charge in [-0.15, -0.1) is 0 Å². The number of carbonyl (C=O) groups excluding carboxylic acids is 2. The first-order chi connectivity index (χ1) is 11.0. The molecule has 1 aliphatic rings. The van der Waals surface area contributed by atoms with E-state index in [2.05, 4.69) is 4.99 Å². The highest BCUT2D eigenvalue weighted by atomic mass is 16.6. The topological polar surface area (TPSA) is 68.2 Å². The zero-order chi connectivity index (χ0) is 18.5. The van der Waals surface area contributed by atoms with Gasteiger partial charge in [-0.25, -0.2) is 9.59 Å². The lowest BCUT2D eigenvalue weighted by molar-refractivity contribution is -0.139. The zero-order valence-corrected chi connectivity index (χ0v) is 16.1. The third-order valence-corrected chi connectivity index (χ3v) is 3.54. The van der Waals surface area contributed by atoms with Gasteiger partial charge in [-0.2, -0.15) is 0 Å². The van der Waals surface area contributed by atoms with Crippen LogP contribution in [0, 0.1) is 5.92 Å². The summed E-state index contributed by atoms with van der Waals surface area (Å²) in [5.74, 6) is -0.324. The van der Waals surface area contributed by atoms with Crippen LogP contribution in [-0.2, 0) is 14.3 Å². The molecule has 0 aliphatic carbocycles. The van der Waals surface area contributed by atoms with Crippen molar-refractivity contribution in [1.29, 1.82) is 0 Å². The Morgan fingerprint density at radius 3 is 2.04 bits per heavy atom. The second-order valence-corrected chi connectivity index (χ2v) is 7.82. The van der Waals surface area contributed by atoms with E-state index < -0.39 is 5.60 Å². The van der Waals surface area contributed by atoms with Crippen LogP contribution in [-0.4, -0.2) is 53.5 Å². The van der Waals surface area contributed by atoms with Crippen LogP contribution >= 0.6 is 0 Å². The van der Waals surface area contributed by atoms with Crippen LogP contribution in [0.5, 0.6) is 0 Å². The molecule has 24 heavy (non-hydrogen) atoms. The van der Waals surface area contributed by atoms with Crippen molar-refractivity contribution in [2.45, 2.75) is 79.1 Å². The maximum Gasteiger partial charge on any atom is 0.410 e. The Hall–Kier alpha value is -1.59. The molecule has 0 N–H and O–H groups in total. The first-order valence-electron chi connectivity index (χ1n) is 8.76. The number of amides is 1. The van der Waals surface area contributed by atoms with E-state index >= 15 is 0 Å². The number of hydrogen-bond donors (Lipinski definition) is 0. The average Bonchev–Trinajstić information content (AvgIpc) is 2.42. The van der Waals surface area contributed by atoms with Crippen molar-refractivity contribution >= 4 is 17.8 Å². The lowest BCUT2D eigenvalue weighted by atomic mass is 10.0. The highest BCUT2D eigenvalue weighted by Gasteiger charge is 2.28. The maximum absolute atomic E-state index is 12.2. The minimum absolute atomic E-state index is 0.0140. The molecule has 0 saturated carbocycles. The predicted octanol–water partition coefficient (Wildman–Crippen LogP) is 3.43. The molecule has 1 amide bonds. The summed E-state index contributed by atoms with van der Waals surface area (Å²) in [6.07, 6.45) is 1.01. The van der Waals surface area contributed by atoms with Crippen LogP contribution in [0.25, 0.3) is 0 Å². The van der Waals surface area contributed by atoms with E-state index in [-0.39, 0.29) is 30.1 Å². The standard InChI is InChI=1S/C18H32N2O4/c1-12(2)15(16(21)23-13(3)4)19-14-8-10-20(11-9-14)17(22)24-18(5,6)7/h12-14H,8-11H2,1-7H3. The molecule has 1 rings (SSSR count). The van der Waals surface area contributed by atoms with Gasteiger partial charge in [-0.05, 0) is 47.5 Å². The summed E-state index contributed by atoms with van der Waals surface area (Å²) >= 11 is 0. The summed E-state index contributed by atoms with van der Waals surface area (Å²) in [7, 11) is 0. The fraction of sp³-hybridized carbons (Fsp3) is 0.833. The molecule has 1 fully saturated rings. The number of esters is 1. The quantitative estimate of drug-likeness (QED) is 0.581. The van der Waals surface area contributed by atoms with Crippen LogP contribution in [0.3, 0.4) is 0 Å². The Labute approximate surface area is 145 Å². The number of hydrogen-bond acceptors (Lipinski definition) is 5. The van der Waals surface area contributed by atoms with E-state index in [0.29, 0.717) is 18.8 Å². The van der Waals surface area contributed by atoms with Crippen molar-refractivity contribution in [2.75, 3.05) is 13.1 Å². The fourth-order valence-corrected chi connectivity index (χ4v) is 2.41. The van der Waals surface area contributed by atoms with Crippen molar-refractivity contribution in [2.24, 2.45) is 10.9 Å². The summed E-state index contributed by atoms with van der Waals surface area (Å²) < 4.78 is 10.7. The van der Waals surface area contributed by atoms with Gasteiger partial charge in [0.15, 0.2) is 0 Å². The molecule has 0 bridgehead atoms. The predicted molar refractivity (Wildman–Crippen MR) is 94.3 cm³/mol. The number of ether oxygens (including phenoxy) is 2. The van der Waals surface area contributed by atoms with Crippen molar-refractivity contribution in [3.63, 3.8) is 0 Å². The monoisotopic (exact) mass is 340 g/mol. The molecule has 6 nitrogen and oxygen atoms in total. The Morgan fingerprint density at radius 1 is 1.08 bits per heavy atom. The molecule has 0 atom stereocenters. The normalized spacial score (nSPS) is 17.4. The number of carbonyl (C=O) groups is 2. The number of rotatable bonds is 4. The SMILES string of the molecule is CC(C)OC(=O)C(=NC1CCN(C(=O)OC(C)(C)C)CC1)C(C)C. The molecule has 138 valence electrons. The number of piperidine rings is 1. The lowest BCUT2D eigenvalue weighted by Gasteiger charge is -2.32. The van der Waals surface area contributed by atoms with Crippen molar-refractivity contribution in [3.05, 3.63) is 0 Å². The maximum atomic E-state index is 12.2. The van der Waals surface area contributed by atoms with Crippen LogP contribution in [0.1, 0.15) is 61.3 Å². The molecule has 0 aromatic heterocycles. The van der Waals surface area contributed by atoms with E-state index in [1.807, 2.05) is 48.5 Å². The van der Waals surface area contributed by atoms with Crippen molar-refractivity contribution in [3.8, 4) is 0 Å². The smallest absolute Gasteiger partial charge is 0.410 e. The van der Waals surface area contributed by atoms with Crippen LogP contribution in [0.2, 0.25) is 0 Å². The van der Waals surface area contributed by atoms with E-state index in [4.69, 9.17) is 9.47 Å². The Balaban J connectivity index is 2.65. The van der Waals surface area contributed by atoms with E-state index in [1.165, 1.54) is 0 Å². The summed E-state index contributed by atoms with van der Waals surface area (Å²) in [4.78, 5) is 30.6. The molecule has 1 heterocycles. The molecule has 0 aromatic carbocycles.